The van der Waals surface area contributed by atoms with Crippen LogP contribution in [0.5, 0.6) is 0 Å². The summed E-state index contributed by atoms with van der Waals surface area (Å²) in [6, 6.07) is 0.662. The van der Waals surface area contributed by atoms with E-state index in [1.807, 2.05) is 0 Å². The standard InChI is InChI=1S/C10H15N5O3/c1-17-2-3-18-9(12)6-5-14-8(4-7(6)11)15-10(13)16/h4-5,12H,2-3H2,1H3,(H5,11,13,14,15,16). The molecule has 8 nitrogen and oxygen atoms in total. The molecule has 0 aliphatic heterocycles. The highest BCUT2D eigenvalue weighted by molar-refractivity contribution is 5.97. The Morgan fingerprint density at radius 1 is 1.56 bits per heavy atom. The van der Waals surface area contributed by atoms with Crippen molar-refractivity contribution in [1.82, 2.24) is 4.98 Å². The van der Waals surface area contributed by atoms with E-state index in [1.165, 1.54) is 19.4 Å². The molecule has 0 saturated carbocycles. The zero-order chi connectivity index (χ0) is 13.5. The summed E-state index contributed by atoms with van der Waals surface area (Å²) in [7, 11) is 1.53. The third kappa shape index (κ3) is 3.91. The summed E-state index contributed by atoms with van der Waals surface area (Å²) >= 11 is 0. The first-order chi connectivity index (χ1) is 8.54. The molecule has 0 aliphatic rings. The fourth-order valence-electron chi connectivity index (χ4n) is 1.16. The van der Waals surface area contributed by atoms with Crippen LogP contribution >= 0.6 is 0 Å². The Labute approximate surface area is 104 Å². The number of anilines is 2. The van der Waals surface area contributed by atoms with Crippen LogP contribution in [0.2, 0.25) is 0 Å². The van der Waals surface area contributed by atoms with Gasteiger partial charge < -0.3 is 20.9 Å². The van der Waals surface area contributed by atoms with Gasteiger partial charge in [-0.05, 0) is 0 Å². The Hall–Kier alpha value is -2.35. The van der Waals surface area contributed by atoms with Gasteiger partial charge in [-0.15, -0.1) is 0 Å². The minimum absolute atomic E-state index is 0.109. The summed E-state index contributed by atoms with van der Waals surface area (Å²) in [5.41, 5.74) is 11.3. The molecule has 0 atom stereocenters. The smallest absolute Gasteiger partial charge is 0.317 e. The molecule has 1 aromatic heterocycles. The van der Waals surface area contributed by atoms with Gasteiger partial charge in [-0.1, -0.05) is 0 Å². The van der Waals surface area contributed by atoms with E-state index in [0.717, 1.165) is 0 Å². The first-order valence-electron chi connectivity index (χ1n) is 5.07. The highest BCUT2D eigenvalue weighted by Crippen LogP contribution is 2.15. The topological polar surface area (TPSA) is 136 Å². The highest BCUT2D eigenvalue weighted by Gasteiger charge is 2.09. The number of rotatable bonds is 5. The Morgan fingerprint density at radius 2 is 2.28 bits per heavy atom. The van der Waals surface area contributed by atoms with Gasteiger partial charge in [-0.2, -0.15) is 0 Å². The lowest BCUT2D eigenvalue weighted by Crippen LogP contribution is -2.20. The molecule has 0 unspecified atom stereocenters. The molecule has 8 heteroatoms. The largest absolute Gasteiger partial charge is 0.475 e. The number of primary amides is 1. The Morgan fingerprint density at radius 3 is 2.83 bits per heavy atom. The predicted octanol–water partition coefficient (Wildman–Crippen LogP) is 0.143. The molecule has 0 bridgehead atoms. The van der Waals surface area contributed by atoms with Crippen molar-refractivity contribution >= 4 is 23.4 Å². The first-order valence-corrected chi connectivity index (χ1v) is 5.07. The van der Waals surface area contributed by atoms with Gasteiger partial charge in [0, 0.05) is 25.1 Å². The molecule has 1 aromatic rings. The van der Waals surface area contributed by atoms with Crippen LogP contribution in [-0.4, -0.2) is 37.2 Å². The molecule has 0 aromatic carbocycles. The quantitative estimate of drug-likeness (QED) is 0.336. The van der Waals surface area contributed by atoms with Crippen molar-refractivity contribution in [2.45, 2.75) is 0 Å². The number of nitrogens with zero attached hydrogens (tertiary/aromatic N) is 1. The summed E-state index contributed by atoms with van der Waals surface area (Å²) in [4.78, 5) is 14.5. The van der Waals surface area contributed by atoms with Gasteiger partial charge in [0.25, 0.3) is 0 Å². The number of ether oxygens (including phenoxy) is 2. The molecule has 2 amide bonds. The predicted molar refractivity (Wildman–Crippen MR) is 66.5 cm³/mol. The van der Waals surface area contributed by atoms with Crippen molar-refractivity contribution in [2.75, 3.05) is 31.4 Å². The van der Waals surface area contributed by atoms with Crippen LogP contribution in [0.4, 0.5) is 16.3 Å². The van der Waals surface area contributed by atoms with Crippen molar-refractivity contribution in [3.05, 3.63) is 17.8 Å². The number of hydrogen-bond donors (Lipinski definition) is 4. The van der Waals surface area contributed by atoms with E-state index in [1.54, 1.807) is 0 Å². The number of aromatic nitrogens is 1. The number of hydrogen-bond acceptors (Lipinski definition) is 6. The number of amides is 2. The average Bonchev–Trinajstić information content (AvgIpc) is 2.28. The van der Waals surface area contributed by atoms with Crippen LogP contribution in [0.1, 0.15) is 5.56 Å². The number of carbonyl (C=O) groups is 1. The Kier molecular flexibility index (Phi) is 4.88. The molecular weight excluding hydrogens is 238 g/mol. The van der Waals surface area contributed by atoms with E-state index in [4.69, 9.17) is 26.4 Å². The zero-order valence-electron chi connectivity index (χ0n) is 9.90. The lowest BCUT2D eigenvalue weighted by atomic mass is 10.2. The number of methoxy groups -OCH3 is 1. The lowest BCUT2D eigenvalue weighted by Gasteiger charge is -2.10. The molecule has 0 aliphatic carbocycles. The van der Waals surface area contributed by atoms with Crippen LogP contribution in [0.15, 0.2) is 12.3 Å². The lowest BCUT2D eigenvalue weighted by molar-refractivity contribution is 0.141. The van der Waals surface area contributed by atoms with Crippen molar-refractivity contribution in [1.29, 1.82) is 5.41 Å². The van der Waals surface area contributed by atoms with E-state index < -0.39 is 6.03 Å². The molecule has 0 radical (unpaired) electrons. The second-order valence-corrected chi connectivity index (χ2v) is 3.32. The van der Waals surface area contributed by atoms with Gasteiger partial charge in [-0.25, -0.2) is 9.78 Å². The molecule has 0 spiro atoms. The van der Waals surface area contributed by atoms with Crippen molar-refractivity contribution in [2.24, 2.45) is 5.73 Å². The second kappa shape index (κ2) is 6.40. The number of nitrogen functional groups attached to an aromatic ring is 1. The maximum absolute atomic E-state index is 10.6. The molecule has 0 fully saturated rings. The van der Waals surface area contributed by atoms with Crippen molar-refractivity contribution in [3.8, 4) is 0 Å². The van der Waals surface area contributed by atoms with E-state index in [2.05, 4.69) is 10.3 Å². The molecule has 6 N–H and O–H groups in total. The SMILES string of the molecule is COCCOC(=N)c1cnc(NC(N)=O)cc1N. The van der Waals surface area contributed by atoms with Crippen LogP contribution < -0.4 is 16.8 Å². The number of nitrogens with two attached hydrogens (primary N) is 2. The fraction of sp³-hybridized carbons (Fsp3) is 0.300. The van der Waals surface area contributed by atoms with Crippen LogP contribution in [0.3, 0.4) is 0 Å². The maximum Gasteiger partial charge on any atom is 0.317 e. The van der Waals surface area contributed by atoms with Crippen LogP contribution in [0, 0.1) is 5.41 Å². The van der Waals surface area contributed by atoms with E-state index in [9.17, 15) is 4.79 Å². The van der Waals surface area contributed by atoms with Gasteiger partial charge in [0.1, 0.15) is 12.4 Å². The van der Waals surface area contributed by atoms with Gasteiger partial charge >= 0.3 is 6.03 Å². The normalized spacial score (nSPS) is 9.83. The van der Waals surface area contributed by atoms with Crippen LogP contribution in [0.25, 0.3) is 0 Å². The van der Waals surface area contributed by atoms with Crippen LogP contribution in [-0.2, 0) is 9.47 Å². The number of pyridine rings is 1. The van der Waals surface area contributed by atoms with Gasteiger partial charge in [0.05, 0.1) is 12.2 Å². The summed E-state index contributed by atoms with van der Waals surface area (Å²) in [5.74, 6) is 0.108. The number of nitrogens with one attached hydrogen (secondary N) is 2. The number of carbonyl (C=O) groups excluding carboxylic acids is 1. The van der Waals surface area contributed by atoms with Gasteiger partial charge in [0.15, 0.2) is 0 Å². The van der Waals surface area contributed by atoms with Gasteiger partial charge in [0.2, 0.25) is 5.90 Å². The minimum Gasteiger partial charge on any atom is -0.475 e. The Bertz CT molecular complexity index is 449. The van der Waals surface area contributed by atoms with E-state index >= 15 is 0 Å². The molecule has 1 heterocycles. The van der Waals surface area contributed by atoms with Crippen molar-refractivity contribution in [3.63, 3.8) is 0 Å². The molecule has 0 saturated heterocycles. The summed E-state index contributed by atoms with van der Waals surface area (Å²) in [6.07, 6.45) is 1.33. The first kappa shape index (κ1) is 13.7. The maximum atomic E-state index is 10.6. The summed E-state index contributed by atoms with van der Waals surface area (Å²) in [6.45, 7) is 0.618. The fourth-order valence-corrected chi connectivity index (χ4v) is 1.16. The molecule has 1 rings (SSSR count). The van der Waals surface area contributed by atoms with Gasteiger partial charge in [-0.3, -0.25) is 10.7 Å². The Balaban J connectivity index is 2.72. The third-order valence-electron chi connectivity index (χ3n) is 1.97. The monoisotopic (exact) mass is 253 g/mol. The molecular formula is C10H15N5O3. The van der Waals surface area contributed by atoms with E-state index in [-0.39, 0.29) is 24.0 Å². The average molecular weight is 253 g/mol. The third-order valence-corrected chi connectivity index (χ3v) is 1.97. The number of urea groups is 1. The van der Waals surface area contributed by atoms with E-state index in [0.29, 0.717) is 12.2 Å². The summed E-state index contributed by atoms with van der Waals surface area (Å²) < 4.78 is 9.89. The highest BCUT2D eigenvalue weighted by atomic mass is 16.5. The molecule has 98 valence electrons. The minimum atomic E-state index is -0.735. The second-order valence-electron chi connectivity index (χ2n) is 3.32. The molecule has 18 heavy (non-hydrogen) atoms. The summed E-state index contributed by atoms with van der Waals surface area (Å²) in [5, 5.41) is 9.93. The zero-order valence-corrected chi connectivity index (χ0v) is 9.90. The van der Waals surface area contributed by atoms with Crippen molar-refractivity contribution < 1.29 is 14.3 Å².